The Kier molecular flexibility index (Phi) is 5.04. The molecule has 1 N–H and O–H groups in total. The van der Waals surface area contributed by atoms with Crippen LogP contribution in [-0.4, -0.2) is 50.1 Å². The molecule has 1 aliphatic heterocycles. The summed E-state index contributed by atoms with van der Waals surface area (Å²) in [5, 5.41) is 10.4. The van der Waals surface area contributed by atoms with Crippen molar-refractivity contribution in [2.75, 3.05) is 28.4 Å². The summed E-state index contributed by atoms with van der Waals surface area (Å²) in [5.74, 6) is -0.143. The zero-order valence-electron chi connectivity index (χ0n) is 16.2. The Morgan fingerprint density at radius 3 is 2.18 bits per heavy atom. The first-order valence-corrected chi connectivity index (χ1v) is 8.45. The van der Waals surface area contributed by atoms with Gasteiger partial charge in [0.2, 0.25) is 11.5 Å². The number of amides is 1. The normalized spacial score (nSPS) is 16.5. The van der Waals surface area contributed by atoms with Crippen molar-refractivity contribution in [3.63, 3.8) is 0 Å². The third kappa shape index (κ3) is 2.96. The first-order chi connectivity index (χ1) is 13.3. The first kappa shape index (κ1) is 19.3. The Hall–Kier alpha value is -3.42. The molecule has 1 aromatic heterocycles. The molecule has 0 bridgehead atoms. The van der Waals surface area contributed by atoms with Gasteiger partial charge in [-0.25, -0.2) is 0 Å². The third-order valence-electron chi connectivity index (χ3n) is 4.65. The molecule has 2 heterocycles. The lowest BCUT2D eigenvalue weighted by atomic mass is 9.94. The van der Waals surface area contributed by atoms with E-state index in [0.29, 0.717) is 28.6 Å². The van der Waals surface area contributed by atoms with Crippen LogP contribution in [0.15, 0.2) is 40.0 Å². The minimum atomic E-state index is -0.848. The van der Waals surface area contributed by atoms with Crippen LogP contribution in [0.1, 0.15) is 27.9 Å². The van der Waals surface area contributed by atoms with Gasteiger partial charge in [-0.15, -0.1) is 0 Å². The highest BCUT2D eigenvalue weighted by Crippen LogP contribution is 2.45. The number of hydrogen-bond acceptors (Lipinski definition) is 7. The number of Topliss-reactive ketones (excluding diaryl/α,β-unsaturated/α-hetero) is 1. The van der Waals surface area contributed by atoms with Crippen LogP contribution in [0.25, 0.3) is 0 Å². The summed E-state index contributed by atoms with van der Waals surface area (Å²) in [6, 6.07) is 5.57. The molecule has 1 atom stereocenters. The van der Waals surface area contributed by atoms with Gasteiger partial charge >= 0.3 is 0 Å². The summed E-state index contributed by atoms with van der Waals surface area (Å²) in [4.78, 5) is 26.7. The van der Waals surface area contributed by atoms with Crippen molar-refractivity contribution in [3.05, 3.63) is 52.7 Å². The number of aliphatic hydroxyl groups is 1. The molecule has 0 aliphatic carbocycles. The summed E-state index contributed by atoms with van der Waals surface area (Å²) in [6.45, 7) is 1.70. The van der Waals surface area contributed by atoms with Gasteiger partial charge in [-0.1, -0.05) is 0 Å². The van der Waals surface area contributed by atoms with Crippen LogP contribution in [0, 0.1) is 6.92 Å². The fraction of sp³-hybridized carbons (Fsp3) is 0.300. The van der Waals surface area contributed by atoms with Crippen molar-refractivity contribution in [2.45, 2.75) is 13.0 Å². The number of carbonyl (C=O) groups excluding carboxylic acids is 2. The lowest BCUT2D eigenvalue weighted by Crippen LogP contribution is -2.27. The molecule has 1 amide bonds. The molecule has 0 saturated carbocycles. The number of ether oxygens (including phenoxy) is 3. The molecule has 1 aliphatic rings. The smallest absolute Gasteiger partial charge is 0.289 e. The van der Waals surface area contributed by atoms with Crippen molar-refractivity contribution in [1.82, 2.24) is 4.90 Å². The maximum atomic E-state index is 13.0. The second kappa shape index (κ2) is 7.30. The van der Waals surface area contributed by atoms with Gasteiger partial charge in [-0.2, -0.15) is 0 Å². The van der Waals surface area contributed by atoms with Gasteiger partial charge in [0.1, 0.15) is 5.76 Å². The van der Waals surface area contributed by atoms with Crippen molar-refractivity contribution in [1.29, 1.82) is 0 Å². The Morgan fingerprint density at radius 1 is 1.11 bits per heavy atom. The Bertz CT molecular complexity index is 948. The Morgan fingerprint density at radius 2 is 1.71 bits per heavy atom. The van der Waals surface area contributed by atoms with Crippen molar-refractivity contribution >= 4 is 11.7 Å². The van der Waals surface area contributed by atoms with Gasteiger partial charge < -0.3 is 28.6 Å². The number of nitrogens with zero attached hydrogens (tertiary/aromatic N) is 1. The van der Waals surface area contributed by atoms with Gasteiger partial charge in [0.15, 0.2) is 23.0 Å². The second-order valence-corrected chi connectivity index (χ2v) is 6.28. The number of furan rings is 1. The van der Waals surface area contributed by atoms with Crippen LogP contribution in [0.4, 0.5) is 0 Å². The van der Waals surface area contributed by atoms with Crippen LogP contribution in [0.2, 0.25) is 0 Å². The number of rotatable bonds is 6. The minimum Gasteiger partial charge on any atom is -0.503 e. The van der Waals surface area contributed by atoms with E-state index in [1.165, 1.54) is 39.3 Å². The number of methoxy groups -OCH3 is 3. The average Bonchev–Trinajstić information content (AvgIpc) is 3.23. The van der Waals surface area contributed by atoms with E-state index in [9.17, 15) is 14.7 Å². The zero-order valence-corrected chi connectivity index (χ0v) is 16.2. The van der Waals surface area contributed by atoms with E-state index in [-0.39, 0.29) is 11.3 Å². The van der Waals surface area contributed by atoms with Gasteiger partial charge in [0.25, 0.3) is 5.91 Å². The summed E-state index contributed by atoms with van der Waals surface area (Å²) in [7, 11) is 5.91. The topological polar surface area (TPSA) is 98.4 Å². The minimum absolute atomic E-state index is 0.0413. The quantitative estimate of drug-likeness (QED) is 0.761. The van der Waals surface area contributed by atoms with Crippen LogP contribution in [0.3, 0.4) is 0 Å². The summed E-state index contributed by atoms with van der Waals surface area (Å²) >= 11 is 0. The summed E-state index contributed by atoms with van der Waals surface area (Å²) in [6.07, 6.45) is 0. The fourth-order valence-corrected chi connectivity index (χ4v) is 3.29. The molecular formula is C20H21NO7. The van der Waals surface area contributed by atoms with E-state index >= 15 is 0 Å². The standard InChI is InChI=1S/C20H21NO7/c1-10-6-7-12(28-10)17(22)15-16(21(2)20(24)18(15)23)11-8-13(25-3)19(27-5)14(9-11)26-4/h6-9,16,23H,1-5H3. The van der Waals surface area contributed by atoms with Crippen molar-refractivity contribution in [3.8, 4) is 17.2 Å². The molecule has 148 valence electrons. The van der Waals surface area contributed by atoms with E-state index in [1.54, 1.807) is 25.1 Å². The van der Waals surface area contributed by atoms with E-state index in [1.807, 2.05) is 0 Å². The fourth-order valence-electron chi connectivity index (χ4n) is 3.29. The Balaban J connectivity index is 2.16. The lowest BCUT2D eigenvalue weighted by Gasteiger charge is -2.24. The monoisotopic (exact) mass is 387 g/mol. The van der Waals surface area contributed by atoms with E-state index in [0.717, 1.165) is 0 Å². The number of carbonyl (C=O) groups is 2. The van der Waals surface area contributed by atoms with Crippen molar-refractivity contribution in [2.24, 2.45) is 0 Å². The number of aryl methyl sites for hydroxylation is 1. The molecule has 8 nitrogen and oxygen atoms in total. The molecule has 28 heavy (non-hydrogen) atoms. The molecule has 1 unspecified atom stereocenters. The highest BCUT2D eigenvalue weighted by Gasteiger charge is 2.43. The number of ketones is 1. The largest absolute Gasteiger partial charge is 0.503 e. The molecule has 0 spiro atoms. The average molecular weight is 387 g/mol. The second-order valence-electron chi connectivity index (χ2n) is 6.28. The van der Waals surface area contributed by atoms with Gasteiger partial charge in [-0.3, -0.25) is 9.59 Å². The highest BCUT2D eigenvalue weighted by molar-refractivity contribution is 6.15. The molecule has 0 saturated heterocycles. The first-order valence-electron chi connectivity index (χ1n) is 8.45. The van der Waals surface area contributed by atoms with Crippen LogP contribution >= 0.6 is 0 Å². The van der Waals surface area contributed by atoms with Crippen molar-refractivity contribution < 1.29 is 33.3 Å². The van der Waals surface area contributed by atoms with Gasteiger partial charge in [0, 0.05) is 7.05 Å². The number of hydrogen-bond donors (Lipinski definition) is 1. The molecule has 0 fully saturated rings. The predicted octanol–water partition coefficient (Wildman–Crippen LogP) is 2.82. The maximum absolute atomic E-state index is 13.0. The number of likely N-dealkylation sites (N-methyl/N-ethyl adjacent to an activating group) is 1. The van der Waals surface area contributed by atoms with E-state index in [2.05, 4.69) is 0 Å². The molecule has 2 aromatic rings. The Labute approximate surface area is 161 Å². The van der Waals surface area contributed by atoms with E-state index < -0.39 is 23.5 Å². The SMILES string of the molecule is COc1cc(C2C(C(=O)c3ccc(C)o3)=C(O)C(=O)N2C)cc(OC)c1OC. The van der Waals surface area contributed by atoms with Crippen LogP contribution in [0.5, 0.6) is 17.2 Å². The number of aliphatic hydroxyl groups excluding tert-OH is 1. The molecule has 1 aromatic carbocycles. The summed E-state index contributed by atoms with van der Waals surface area (Å²) < 4.78 is 21.4. The zero-order chi connectivity index (χ0) is 20.6. The lowest BCUT2D eigenvalue weighted by molar-refractivity contribution is -0.128. The summed E-state index contributed by atoms with van der Waals surface area (Å²) in [5.41, 5.74) is 0.442. The molecule has 0 radical (unpaired) electrons. The maximum Gasteiger partial charge on any atom is 0.289 e. The third-order valence-corrected chi connectivity index (χ3v) is 4.65. The van der Waals surface area contributed by atoms with E-state index in [4.69, 9.17) is 18.6 Å². The molecule has 8 heteroatoms. The predicted molar refractivity (Wildman–Crippen MR) is 99.0 cm³/mol. The van der Waals surface area contributed by atoms with Gasteiger partial charge in [-0.05, 0) is 36.8 Å². The highest BCUT2D eigenvalue weighted by atomic mass is 16.5. The number of benzene rings is 1. The van der Waals surface area contributed by atoms with Crippen LogP contribution < -0.4 is 14.2 Å². The molecular weight excluding hydrogens is 366 g/mol. The molecule has 3 rings (SSSR count). The van der Waals surface area contributed by atoms with Crippen LogP contribution in [-0.2, 0) is 4.79 Å². The van der Waals surface area contributed by atoms with Gasteiger partial charge in [0.05, 0.1) is 32.9 Å².